The summed E-state index contributed by atoms with van der Waals surface area (Å²) >= 11 is 0. The number of hydrogen-bond donors (Lipinski definition) is 1. The summed E-state index contributed by atoms with van der Waals surface area (Å²) in [7, 11) is 1.70. The van der Waals surface area contributed by atoms with Crippen LogP contribution in [-0.2, 0) is 17.8 Å². The highest BCUT2D eigenvalue weighted by molar-refractivity contribution is 5.81. The third-order valence-corrected chi connectivity index (χ3v) is 6.15. The summed E-state index contributed by atoms with van der Waals surface area (Å²) in [6, 6.07) is 16.5. The van der Waals surface area contributed by atoms with Gasteiger partial charge in [-0.25, -0.2) is 4.98 Å². The lowest BCUT2D eigenvalue weighted by Gasteiger charge is -2.25. The summed E-state index contributed by atoms with van der Waals surface area (Å²) < 4.78 is 5.62. The smallest absolute Gasteiger partial charge is 0.227 e. The highest BCUT2D eigenvalue weighted by atomic mass is 16.5. The van der Waals surface area contributed by atoms with E-state index in [0.717, 1.165) is 61.7 Å². The molecule has 1 saturated heterocycles. The Kier molecular flexibility index (Phi) is 7.22. The van der Waals surface area contributed by atoms with Crippen LogP contribution in [0.25, 0.3) is 11.1 Å². The van der Waals surface area contributed by atoms with E-state index in [1.54, 1.807) is 13.4 Å². The standard InChI is InChI=1S/C26H32N4O2/c1-3-12-30-14-13-29(18-22-16-27-19-28-22)17-21(26(30)31)15-20-8-4-5-9-23(20)24-10-6-7-11-25(24)32-2/h4-11,16,19,21H,3,12-15,17-18H2,1-2H3,(H,27,28)/t21-/m1/s1. The summed E-state index contributed by atoms with van der Waals surface area (Å²) in [6.45, 7) is 6.09. The molecule has 1 amide bonds. The molecule has 0 unspecified atom stereocenters. The molecule has 1 N–H and O–H groups in total. The number of methoxy groups -OCH3 is 1. The van der Waals surface area contributed by atoms with Crippen LogP contribution < -0.4 is 4.74 Å². The molecule has 1 aromatic heterocycles. The maximum atomic E-state index is 13.5. The zero-order valence-electron chi connectivity index (χ0n) is 19.0. The first kappa shape index (κ1) is 22.1. The average molecular weight is 433 g/mol. The molecule has 32 heavy (non-hydrogen) atoms. The van der Waals surface area contributed by atoms with Gasteiger partial charge in [-0.05, 0) is 30.0 Å². The van der Waals surface area contributed by atoms with Gasteiger partial charge in [-0.1, -0.05) is 49.4 Å². The molecular formula is C26H32N4O2. The summed E-state index contributed by atoms with van der Waals surface area (Å²) in [4.78, 5) is 25.3. The number of rotatable bonds is 8. The Bertz CT molecular complexity index is 1020. The van der Waals surface area contributed by atoms with Crippen molar-refractivity contribution in [3.05, 3.63) is 72.3 Å². The minimum absolute atomic E-state index is 0.0946. The molecule has 2 aromatic carbocycles. The lowest BCUT2D eigenvalue weighted by atomic mass is 9.91. The minimum Gasteiger partial charge on any atom is -0.496 e. The van der Waals surface area contributed by atoms with Gasteiger partial charge in [0.2, 0.25) is 5.91 Å². The van der Waals surface area contributed by atoms with Gasteiger partial charge >= 0.3 is 0 Å². The van der Waals surface area contributed by atoms with E-state index in [1.807, 2.05) is 35.4 Å². The first-order valence-corrected chi connectivity index (χ1v) is 11.4. The summed E-state index contributed by atoms with van der Waals surface area (Å²) in [5.41, 5.74) is 4.44. The monoisotopic (exact) mass is 432 g/mol. The fourth-order valence-corrected chi connectivity index (χ4v) is 4.60. The molecule has 3 aromatic rings. The third kappa shape index (κ3) is 5.02. The van der Waals surface area contributed by atoms with E-state index in [-0.39, 0.29) is 11.8 Å². The molecule has 0 aliphatic carbocycles. The van der Waals surface area contributed by atoms with Gasteiger partial charge in [0.05, 0.1) is 19.4 Å². The zero-order chi connectivity index (χ0) is 22.3. The number of carbonyl (C=O) groups excluding carboxylic acids is 1. The Labute approximate surface area is 190 Å². The van der Waals surface area contributed by atoms with Crippen LogP contribution in [0.15, 0.2) is 61.1 Å². The van der Waals surface area contributed by atoms with E-state index in [9.17, 15) is 4.79 Å². The molecule has 4 rings (SSSR count). The normalized spacial score (nSPS) is 17.4. The van der Waals surface area contributed by atoms with Crippen LogP contribution in [0.2, 0.25) is 0 Å². The Hall–Kier alpha value is -3.12. The van der Waals surface area contributed by atoms with Crippen molar-refractivity contribution in [1.29, 1.82) is 0 Å². The fraction of sp³-hybridized carbons (Fsp3) is 0.385. The van der Waals surface area contributed by atoms with E-state index >= 15 is 0 Å². The van der Waals surface area contributed by atoms with Crippen LogP contribution in [-0.4, -0.2) is 59.0 Å². The van der Waals surface area contributed by atoms with Gasteiger partial charge in [0.1, 0.15) is 5.75 Å². The van der Waals surface area contributed by atoms with Gasteiger partial charge in [0, 0.05) is 50.2 Å². The maximum Gasteiger partial charge on any atom is 0.227 e. The van der Waals surface area contributed by atoms with Gasteiger partial charge in [0.25, 0.3) is 0 Å². The Balaban J connectivity index is 1.62. The molecular weight excluding hydrogens is 400 g/mol. The largest absolute Gasteiger partial charge is 0.496 e. The first-order valence-electron chi connectivity index (χ1n) is 11.4. The number of ether oxygens (including phenoxy) is 1. The minimum atomic E-state index is -0.0946. The molecule has 2 heterocycles. The third-order valence-electron chi connectivity index (χ3n) is 6.15. The number of aromatic amines is 1. The van der Waals surface area contributed by atoms with E-state index < -0.39 is 0 Å². The molecule has 1 fully saturated rings. The van der Waals surface area contributed by atoms with Gasteiger partial charge in [-0.15, -0.1) is 0 Å². The first-order chi connectivity index (χ1) is 15.7. The van der Waals surface area contributed by atoms with Gasteiger partial charge in [-0.2, -0.15) is 0 Å². The molecule has 6 heteroatoms. The number of nitrogens with zero attached hydrogens (tertiary/aromatic N) is 3. The van der Waals surface area contributed by atoms with Crippen molar-refractivity contribution in [2.24, 2.45) is 5.92 Å². The van der Waals surface area contributed by atoms with Gasteiger partial charge in [-0.3, -0.25) is 9.69 Å². The number of nitrogens with one attached hydrogen (secondary N) is 1. The van der Waals surface area contributed by atoms with Crippen LogP contribution in [0.4, 0.5) is 0 Å². The highest BCUT2D eigenvalue weighted by Crippen LogP contribution is 2.33. The Morgan fingerprint density at radius 3 is 2.62 bits per heavy atom. The SMILES string of the molecule is CCCN1CCN(Cc2cnc[nH]2)C[C@@H](Cc2ccccc2-c2ccccc2OC)C1=O. The van der Waals surface area contributed by atoms with E-state index in [1.165, 1.54) is 5.56 Å². The second-order valence-electron chi connectivity index (χ2n) is 8.40. The number of benzene rings is 2. The summed E-state index contributed by atoms with van der Waals surface area (Å²) in [6.07, 6.45) is 5.24. The van der Waals surface area contributed by atoms with E-state index in [4.69, 9.17) is 4.74 Å². The van der Waals surface area contributed by atoms with Crippen LogP contribution in [0.3, 0.4) is 0 Å². The molecule has 0 bridgehead atoms. The van der Waals surface area contributed by atoms with E-state index in [0.29, 0.717) is 6.42 Å². The van der Waals surface area contributed by atoms with Crippen molar-refractivity contribution in [3.63, 3.8) is 0 Å². The number of imidazole rings is 1. The van der Waals surface area contributed by atoms with Gasteiger partial charge < -0.3 is 14.6 Å². The molecule has 0 radical (unpaired) electrons. The predicted molar refractivity (Wildman–Crippen MR) is 126 cm³/mol. The molecule has 0 spiro atoms. The summed E-state index contributed by atoms with van der Waals surface area (Å²) in [5, 5.41) is 0. The van der Waals surface area contributed by atoms with Crippen molar-refractivity contribution in [2.75, 3.05) is 33.3 Å². The quantitative estimate of drug-likeness (QED) is 0.585. The van der Waals surface area contributed by atoms with Crippen molar-refractivity contribution in [1.82, 2.24) is 19.8 Å². The van der Waals surface area contributed by atoms with E-state index in [2.05, 4.69) is 46.1 Å². The average Bonchev–Trinajstić information content (AvgIpc) is 3.29. The summed E-state index contributed by atoms with van der Waals surface area (Å²) in [5.74, 6) is 1.01. The van der Waals surface area contributed by atoms with Gasteiger partial charge in [0.15, 0.2) is 0 Å². The van der Waals surface area contributed by atoms with Crippen molar-refractivity contribution in [3.8, 4) is 16.9 Å². The molecule has 6 nitrogen and oxygen atoms in total. The molecule has 0 saturated carbocycles. The number of H-pyrrole nitrogens is 1. The lowest BCUT2D eigenvalue weighted by Crippen LogP contribution is -2.37. The molecule has 1 aliphatic heterocycles. The topological polar surface area (TPSA) is 61.5 Å². The van der Waals surface area contributed by atoms with Crippen molar-refractivity contribution < 1.29 is 9.53 Å². The number of carbonyl (C=O) groups is 1. The zero-order valence-corrected chi connectivity index (χ0v) is 19.0. The molecule has 1 atom stereocenters. The second-order valence-corrected chi connectivity index (χ2v) is 8.40. The number of amides is 1. The number of aromatic nitrogens is 2. The number of para-hydroxylation sites is 1. The Morgan fingerprint density at radius 1 is 1.09 bits per heavy atom. The van der Waals surface area contributed by atoms with Crippen molar-refractivity contribution in [2.45, 2.75) is 26.3 Å². The second kappa shape index (κ2) is 10.5. The molecule has 168 valence electrons. The maximum absolute atomic E-state index is 13.5. The molecule has 1 aliphatic rings. The van der Waals surface area contributed by atoms with Crippen LogP contribution in [0.5, 0.6) is 5.75 Å². The Morgan fingerprint density at radius 2 is 1.88 bits per heavy atom. The van der Waals surface area contributed by atoms with Crippen LogP contribution in [0, 0.1) is 5.92 Å². The predicted octanol–water partition coefficient (Wildman–Crippen LogP) is 4.00. The fourth-order valence-electron chi connectivity index (χ4n) is 4.60. The number of hydrogen-bond acceptors (Lipinski definition) is 4. The van der Waals surface area contributed by atoms with Crippen molar-refractivity contribution >= 4 is 5.91 Å². The highest BCUT2D eigenvalue weighted by Gasteiger charge is 2.31. The van der Waals surface area contributed by atoms with Crippen LogP contribution in [0.1, 0.15) is 24.6 Å². The lowest BCUT2D eigenvalue weighted by molar-refractivity contribution is -0.134. The van der Waals surface area contributed by atoms with Crippen LogP contribution >= 0.6 is 0 Å².